The number of carbonyl (C=O) groups is 1. The van der Waals surface area contributed by atoms with Crippen molar-refractivity contribution in [2.24, 2.45) is 5.73 Å². The highest BCUT2D eigenvalue weighted by Gasteiger charge is 2.27. The van der Waals surface area contributed by atoms with E-state index in [1.54, 1.807) is 29.2 Å². The maximum Gasteiger partial charge on any atom is 0.179 e. The van der Waals surface area contributed by atoms with Crippen molar-refractivity contribution in [2.45, 2.75) is 25.3 Å². The molecule has 0 bridgehead atoms. The summed E-state index contributed by atoms with van der Waals surface area (Å²) < 4.78 is 14.6. The quantitative estimate of drug-likeness (QED) is 0.613. The van der Waals surface area contributed by atoms with Gasteiger partial charge in [0, 0.05) is 44.7 Å². The van der Waals surface area contributed by atoms with Crippen LogP contribution in [-0.2, 0) is 6.54 Å². The molecule has 2 unspecified atom stereocenters. The van der Waals surface area contributed by atoms with E-state index in [4.69, 9.17) is 5.73 Å². The van der Waals surface area contributed by atoms with E-state index in [0.717, 1.165) is 19.6 Å². The molecule has 1 heterocycles. The Labute approximate surface area is 154 Å². The summed E-state index contributed by atoms with van der Waals surface area (Å²) in [5.74, 6) is -0.198. The standard InChI is InChI=1S/C21H26FN3O/c22-20(15-19(23)21(26)18-9-5-2-6-10-18)25-13-11-24(12-14-25)16-17-7-3-1-4-8-17/h1-10,19-20H,11-16,23H2. The Morgan fingerprint density at radius 2 is 1.54 bits per heavy atom. The molecule has 5 heteroatoms. The molecule has 2 aromatic rings. The minimum atomic E-state index is -1.18. The molecule has 4 nitrogen and oxygen atoms in total. The van der Waals surface area contributed by atoms with Gasteiger partial charge in [-0.1, -0.05) is 60.7 Å². The first-order chi connectivity index (χ1) is 12.6. The molecule has 0 saturated carbocycles. The van der Waals surface area contributed by atoms with Gasteiger partial charge in [0.2, 0.25) is 0 Å². The summed E-state index contributed by atoms with van der Waals surface area (Å²) in [5.41, 5.74) is 7.77. The number of halogens is 1. The molecule has 0 aromatic heterocycles. The highest BCUT2D eigenvalue weighted by molar-refractivity contribution is 5.99. The highest BCUT2D eigenvalue weighted by Crippen LogP contribution is 2.15. The maximum absolute atomic E-state index is 14.6. The zero-order chi connectivity index (χ0) is 18.4. The summed E-state index contributed by atoms with van der Waals surface area (Å²) in [6, 6.07) is 18.4. The monoisotopic (exact) mass is 355 g/mol. The summed E-state index contributed by atoms with van der Waals surface area (Å²) in [7, 11) is 0. The van der Waals surface area contributed by atoms with Gasteiger partial charge in [-0.3, -0.25) is 14.6 Å². The molecule has 0 aliphatic carbocycles. The predicted molar refractivity (Wildman–Crippen MR) is 102 cm³/mol. The number of carbonyl (C=O) groups excluding carboxylic acids is 1. The smallest absolute Gasteiger partial charge is 0.179 e. The number of rotatable bonds is 7. The lowest BCUT2D eigenvalue weighted by Crippen LogP contribution is -2.50. The van der Waals surface area contributed by atoms with Gasteiger partial charge in [0.1, 0.15) is 0 Å². The topological polar surface area (TPSA) is 49.6 Å². The van der Waals surface area contributed by atoms with Gasteiger partial charge in [0.05, 0.1) is 6.04 Å². The van der Waals surface area contributed by atoms with Crippen molar-refractivity contribution in [3.63, 3.8) is 0 Å². The van der Waals surface area contributed by atoms with Crippen molar-refractivity contribution >= 4 is 5.78 Å². The predicted octanol–water partition coefficient (Wildman–Crippen LogP) is 2.70. The summed E-state index contributed by atoms with van der Waals surface area (Å²) in [6.07, 6.45) is -1.15. The number of hydrogen-bond donors (Lipinski definition) is 1. The Morgan fingerprint density at radius 3 is 2.15 bits per heavy atom. The first-order valence-corrected chi connectivity index (χ1v) is 9.13. The lowest BCUT2D eigenvalue weighted by atomic mass is 10.0. The van der Waals surface area contributed by atoms with Gasteiger partial charge >= 0.3 is 0 Å². The molecule has 1 fully saturated rings. The second-order valence-corrected chi connectivity index (χ2v) is 6.80. The summed E-state index contributed by atoms with van der Waals surface area (Å²) in [4.78, 5) is 16.4. The minimum Gasteiger partial charge on any atom is -0.321 e. The van der Waals surface area contributed by atoms with Crippen molar-refractivity contribution in [2.75, 3.05) is 26.2 Å². The molecular weight excluding hydrogens is 329 g/mol. The molecule has 0 radical (unpaired) electrons. The molecule has 138 valence electrons. The molecule has 2 aromatic carbocycles. The highest BCUT2D eigenvalue weighted by atomic mass is 19.1. The molecule has 0 spiro atoms. The molecule has 1 aliphatic rings. The number of nitrogens with two attached hydrogens (primary N) is 1. The van der Waals surface area contributed by atoms with E-state index in [-0.39, 0.29) is 12.2 Å². The Kier molecular flexibility index (Phi) is 6.50. The maximum atomic E-state index is 14.6. The van der Waals surface area contributed by atoms with E-state index in [2.05, 4.69) is 17.0 Å². The third kappa shape index (κ3) is 4.97. The molecule has 3 rings (SSSR count). The Bertz CT molecular complexity index is 687. The SMILES string of the molecule is NC(CC(F)N1CCN(Cc2ccccc2)CC1)C(=O)c1ccccc1. The number of nitrogens with zero attached hydrogens (tertiary/aromatic N) is 2. The average molecular weight is 355 g/mol. The van der Waals surface area contributed by atoms with Crippen LogP contribution in [0.3, 0.4) is 0 Å². The first kappa shape index (κ1) is 18.7. The number of benzene rings is 2. The van der Waals surface area contributed by atoms with Gasteiger partial charge in [-0.05, 0) is 5.56 Å². The van der Waals surface area contributed by atoms with Crippen LogP contribution in [0.5, 0.6) is 0 Å². The van der Waals surface area contributed by atoms with Crippen LogP contribution in [-0.4, -0.2) is 54.1 Å². The largest absolute Gasteiger partial charge is 0.321 e. The van der Waals surface area contributed by atoms with Crippen LogP contribution in [0.2, 0.25) is 0 Å². The first-order valence-electron chi connectivity index (χ1n) is 9.13. The molecular formula is C21H26FN3O. The number of alkyl halides is 1. The Hall–Kier alpha value is -2.08. The van der Waals surface area contributed by atoms with Crippen LogP contribution in [0.4, 0.5) is 4.39 Å². The van der Waals surface area contributed by atoms with Crippen molar-refractivity contribution in [1.29, 1.82) is 0 Å². The van der Waals surface area contributed by atoms with Crippen molar-refractivity contribution in [3.05, 3.63) is 71.8 Å². The molecule has 1 aliphatic heterocycles. The number of hydrogen-bond acceptors (Lipinski definition) is 4. The van der Waals surface area contributed by atoms with Crippen molar-refractivity contribution in [1.82, 2.24) is 9.80 Å². The van der Waals surface area contributed by atoms with Crippen LogP contribution in [0.25, 0.3) is 0 Å². The number of ketones is 1. The molecule has 2 N–H and O–H groups in total. The zero-order valence-corrected chi connectivity index (χ0v) is 14.9. The average Bonchev–Trinajstić information content (AvgIpc) is 2.69. The van der Waals surface area contributed by atoms with Gasteiger partial charge < -0.3 is 5.73 Å². The summed E-state index contributed by atoms with van der Waals surface area (Å²) in [5, 5.41) is 0. The van der Waals surface area contributed by atoms with E-state index in [0.29, 0.717) is 18.7 Å². The van der Waals surface area contributed by atoms with Crippen molar-refractivity contribution < 1.29 is 9.18 Å². The Balaban J connectivity index is 1.46. The van der Waals surface area contributed by atoms with E-state index < -0.39 is 12.3 Å². The number of piperazine rings is 1. The third-order valence-electron chi connectivity index (χ3n) is 4.90. The zero-order valence-electron chi connectivity index (χ0n) is 14.9. The van der Waals surface area contributed by atoms with E-state index in [9.17, 15) is 9.18 Å². The fourth-order valence-corrected chi connectivity index (χ4v) is 3.33. The van der Waals surface area contributed by atoms with Crippen LogP contribution >= 0.6 is 0 Å². The summed E-state index contributed by atoms with van der Waals surface area (Å²) in [6.45, 7) is 3.83. The lowest BCUT2D eigenvalue weighted by molar-refractivity contribution is 0.0212. The van der Waals surface area contributed by atoms with Crippen LogP contribution < -0.4 is 5.73 Å². The lowest BCUT2D eigenvalue weighted by Gasteiger charge is -2.36. The van der Waals surface area contributed by atoms with Crippen molar-refractivity contribution in [3.8, 4) is 0 Å². The molecule has 1 saturated heterocycles. The van der Waals surface area contributed by atoms with Gasteiger partial charge in [-0.2, -0.15) is 0 Å². The second kappa shape index (κ2) is 9.03. The Morgan fingerprint density at radius 1 is 0.962 bits per heavy atom. The molecule has 0 amide bonds. The van der Waals surface area contributed by atoms with Gasteiger partial charge in [0.15, 0.2) is 12.1 Å². The van der Waals surface area contributed by atoms with Crippen LogP contribution in [0.1, 0.15) is 22.3 Å². The van der Waals surface area contributed by atoms with E-state index in [1.165, 1.54) is 5.56 Å². The van der Waals surface area contributed by atoms with Crippen LogP contribution in [0.15, 0.2) is 60.7 Å². The fourth-order valence-electron chi connectivity index (χ4n) is 3.33. The summed E-state index contributed by atoms with van der Waals surface area (Å²) >= 11 is 0. The normalized spacial score (nSPS) is 18.4. The van der Waals surface area contributed by atoms with E-state index in [1.807, 2.05) is 24.3 Å². The third-order valence-corrected chi connectivity index (χ3v) is 4.90. The van der Waals surface area contributed by atoms with Crippen LogP contribution in [0, 0.1) is 0 Å². The van der Waals surface area contributed by atoms with E-state index >= 15 is 0 Å². The minimum absolute atomic E-state index is 0.0341. The van der Waals surface area contributed by atoms with Gasteiger partial charge in [0.25, 0.3) is 0 Å². The van der Waals surface area contributed by atoms with Gasteiger partial charge in [-0.25, -0.2) is 4.39 Å². The van der Waals surface area contributed by atoms with Gasteiger partial charge in [-0.15, -0.1) is 0 Å². The molecule has 26 heavy (non-hydrogen) atoms. The second-order valence-electron chi connectivity index (χ2n) is 6.80. The fraction of sp³-hybridized carbons (Fsp3) is 0.381. The number of Topliss-reactive ketones (excluding diaryl/α,β-unsaturated/α-hetero) is 1. The molecule has 2 atom stereocenters.